The highest BCUT2D eigenvalue weighted by Gasteiger charge is 2.11. The van der Waals surface area contributed by atoms with E-state index in [1.165, 1.54) is 30.9 Å². The summed E-state index contributed by atoms with van der Waals surface area (Å²) in [5, 5.41) is 3.43. The smallest absolute Gasteiger partial charge is 0.108 e. The third kappa shape index (κ3) is 2.81. The topological polar surface area (TPSA) is 29.9 Å². The van der Waals surface area contributed by atoms with Crippen molar-refractivity contribution in [1.29, 1.82) is 0 Å². The molecule has 2 heterocycles. The van der Waals surface area contributed by atoms with Crippen LogP contribution in [0.4, 0.5) is 0 Å². The number of imidazole rings is 1. The Bertz CT molecular complexity index is 291. The average Bonchev–Trinajstić information content (AvgIpc) is 2.59. The fourth-order valence-corrected chi connectivity index (χ4v) is 2.08. The molecule has 0 fully saturated rings. The molecule has 15 heavy (non-hydrogen) atoms. The van der Waals surface area contributed by atoms with Gasteiger partial charge in [-0.3, -0.25) is 0 Å². The zero-order chi connectivity index (χ0) is 10.7. The Balaban J connectivity index is 1.89. The number of rotatable bonds is 4. The summed E-state index contributed by atoms with van der Waals surface area (Å²) in [6.07, 6.45) is 7.07. The Kier molecular flexibility index (Phi) is 3.41. The molecule has 0 amide bonds. The van der Waals surface area contributed by atoms with E-state index in [2.05, 4.69) is 34.9 Å². The van der Waals surface area contributed by atoms with Crippen LogP contribution in [-0.4, -0.2) is 22.1 Å². The van der Waals surface area contributed by atoms with Gasteiger partial charge in [0.25, 0.3) is 0 Å². The largest absolute Gasteiger partial charge is 0.335 e. The first-order chi connectivity index (χ1) is 7.25. The normalized spacial score (nSPS) is 15.7. The lowest BCUT2D eigenvalue weighted by Gasteiger charge is -2.11. The lowest BCUT2D eigenvalue weighted by Crippen LogP contribution is -2.25. The molecule has 1 aliphatic rings. The summed E-state index contributed by atoms with van der Waals surface area (Å²) in [6, 6.07) is 0.572. The maximum atomic E-state index is 4.67. The third-order valence-corrected chi connectivity index (χ3v) is 2.89. The zero-order valence-electron chi connectivity index (χ0n) is 9.79. The molecule has 1 aliphatic heterocycles. The van der Waals surface area contributed by atoms with Gasteiger partial charge in [-0.15, -0.1) is 0 Å². The first kappa shape index (κ1) is 10.7. The van der Waals surface area contributed by atoms with Crippen molar-refractivity contribution in [2.75, 3.05) is 6.54 Å². The van der Waals surface area contributed by atoms with Crippen LogP contribution >= 0.6 is 0 Å². The maximum absolute atomic E-state index is 4.67. The zero-order valence-corrected chi connectivity index (χ0v) is 9.79. The van der Waals surface area contributed by atoms with E-state index < -0.39 is 0 Å². The molecule has 1 N–H and O–H groups in total. The Hall–Kier alpha value is -0.830. The van der Waals surface area contributed by atoms with Gasteiger partial charge in [-0.2, -0.15) is 0 Å². The van der Waals surface area contributed by atoms with Crippen LogP contribution in [0.3, 0.4) is 0 Å². The van der Waals surface area contributed by atoms with Crippen LogP contribution in [0.1, 0.15) is 38.2 Å². The molecule has 1 aromatic rings. The van der Waals surface area contributed by atoms with Crippen LogP contribution in [-0.2, 0) is 19.4 Å². The van der Waals surface area contributed by atoms with Gasteiger partial charge in [0.05, 0.1) is 5.69 Å². The number of hydrogen-bond donors (Lipinski definition) is 1. The van der Waals surface area contributed by atoms with Gasteiger partial charge >= 0.3 is 0 Å². The third-order valence-electron chi connectivity index (χ3n) is 2.89. The molecule has 0 saturated carbocycles. The summed E-state index contributed by atoms with van der Waals surface area (Å²) in [7, 11) is 0. The second kappa shape index (κ2) is 4.79. The van der Waals surface area contributed by atoms with Gasteiger partial charge < -0.3 is 9.88 Å². The molecule has 84 valence electrons. The van der Waals surface area contributed by atoms with Crippen molar-refractivity contribution in [2.45, 2.75) is 52.1 Å². The SMILES string of the molecule is CC(C)NCCc1cn2c(n1)CCCC2. The van der Waals surface area contributed by atoms with Crippen molar-refractivity contribution in [3.05, 3.63) is 17.7 Å². The summed E-state index contributed by atoms with van der Waals surface area (Å²) in [5.41, 5.74) is 1.25. The lowest BCUT2D eigenvalue weighted by atomic mass is 10.2. The monoisotopic (exact) mass is 207 g/mol. The van der Waals surface area contributed by atoms with E-state index in [-0.39, 0.29) is 0 Å². The minimum absolute atomic E-state index is 0.572. The quantitative estimate of drug-likeness (QED) is 0.815. The van der Waals surface area contributed by atoms with Crippen LogP contribution in [0.2, 0.25) is 0 Å². The number of fused-ring (bicyclic) bond motifs is 1. The van der Waals surface area contributed by atoms with E-state index >= 15 is 0 Å². The highest BCUT2D eigenvalue weighted by Crippen LogP contribution is 2.14. The van der Waals surface area contributed by atoms with Crippen molar-refractivity contribution in [2.24, 2.45) is 0 Å². The van der Waals surface area contributed by atoms with Crippen molar-refractivity contribution in [3.63, 3.8) is 0 Å². The highest BCUT2D eigenvalue weighted by molar-refractivity contribution is 5.06. The second-order valence-corrected chi connectivity index (χ2v) is 4.66. The summed E-state index contributed by atoms with van der Waals surface area (Å²) >= 11 is 0. The molecular formula is C12H21N3. The van der Waals surface area contributed by atoms with E-state index in [4.69, 9.17) is 0 Å². The number of aryl methyl sites for hydroxylation is 2. The van der Waals surface area contributed by atoms with E-state index in [0.717, 1.165) is 19.4 Å². The molecule has 1 aromatic heterocycles. The van der Waals surface area contributed by atoms with E-state index in [1.807, 2.05) is 0 Å². The van der Waals surface area contributed by atoms with Gasteiger partial charge in [0.1, 0.15) is 5.82 Å². The van der Waals surface area contributed by atoms with Crippen LogP contribution in [0, 0.1) is 0 Å². The van der Waals surface area contributed by atoms with Gasteiger partial charge in [-0.25, -0.2) is 4.98 Å². The van der Waals surface area contributed by atoms with Crippen molar-refractivity contribution in [3.8, 4) is 0 Å². The second-order valence-electron chi connectivity index (χ2n) is 4.66. The van der Waals surface area contributed by atoms with E-state index in [1.54, 1.807) is 0 Å². The fourth-order valence-electron chi connectivity index (χ4n) is 2.08. The molecule has 0 bridgehead atoms. The number of nitrogens with one attached hydrogen (secondary N) is 1. The Morgan fingerprint density at radius 3 is 3.07 bits per heavy atom. The van der Waals surface area contributed by atoms with Crippen LogP contribution in [0.5, 0.6) is 0 Å². The fraction of sp³-hybridized carbons (Fsp3) is 0.750. The summed E-state index contributed by atoms with van der Waals surface area (Å²) in [4.78, 5) is 4.67. The molecule has 0 spiro atoms. The highest BCUT2D eigenvalue weighted by atomic mass is 15.1. The van der Waals surface area contributed by atoms with E-state index in [9.17, 15) is 0 Å². The predicted octanol–water partition coefficient (Wildman–Crippen LogP) is 1.76. The lowest BCUT2D eigenvalue weighted by molar-refractivity contribution is 0.522. The van der Waals surface area contributed by atoms with Crippen molar-refractivity contribution in [1.82, 2.24) is 14.9 Å². The molecule has 3 heteroatoms. The minimum atomic E-state index is 0.572. The predicted molar refractivity (Wildman–Crippen MR) is 62.0 cm³/mol. The minimum Gasteiger partial charge on any atom is -0.335 e. The Morgan fingerprint density at radius 1 is 1.47 bits per heavy atom. The summed E-state index contributed by atoms with van der Waals surface area (Å²) in [6.45, 7) is 6.56. The first-order valence-corrected chi connectivity index (χ1v) is 6.04. The van der Waals surface area contributed by atoms with Crippen molar-refractivity contribution >= 4 is 0 Å². The van der Waals surface area contributed by atoms with Crippen LogP contribution < -0.4 is 5.32 Å². The molecule has 0 saturated heterocycles. The first-order valence-electron chi connectivity index (χ1n) is 6.04. The number of nitrogens with zero attached hydrogens (tertiary/aromatic N) is 2. The average molecular weight is 207 g/mol. The van der Waals surface area contributed by atoms with Gasteiger partial charge in [0.2, 0.25) is 0 Å². The van der Waals surface area contributed by atoms with Gasteiger partial charge in [-0.1, -0.05) is 13.8 Å². The number of hydrogen-bond acceptors (Lipinski definition) is 2. The molecule has 0 atom stereocenters. The van der Waals surface area contributed by atoms with Crippen LogP contribution in [0.15, 0.2) is 6.20 Å². The molecule has 0 aliphatic carbocycles. The van der Waals surface area contributed by atoms with Crippen molar-refractivity contribution < 1.29 is 0 Å². The molecule has 0 radical (unpaired) electrons. The van der Waals surface area contributed by atoms with Gasteiger partial charge in [0, 0.05) is 38.2 Å². The van der Waals surface area contributed by atoms with E-state index in [0.29, 0.717) is 6.04 Å². The summed E-state index contributed by atoms with van der Waals surface area (Å²) < 4.78 is 2.33. The standard InChI is InChI=1S/C12H21N3/c1-10(2)13-7-6-11-9-15-8-4-3-5-12(15)14-11/h9-10,13H,3-8H2,1-2H3. The molecule has 0 aromatic carbocycles. The Labute approximate surface area is 91.9 Å². The van der Waals surface area contributed by atoms with Gasteiger partial charge in [-0.05, 0) is 12.8 Å². The molecule has 0 unspecified atom stereocenters. The number of aromatic nitrogens is 2. The Morgan fingerprint density at radius 2 is 2.33 bits per heavy atom. The summed E-state index contributed by atoms with van der Waals surface area (Å²) in [5.74, 6) is 1.29. The van der Waals surface area contributed by atoms with Crippen LogP contribution in [0.25, 0.3) is 0 Å². The molecular weight excluding hydrogens is 186 g/mol. The maximum Gasteiger partial charge on any atom is 0.108 e. The molecule has 3 nitrogen and oxygen atoms in total. The van der Waals surface area contributed by atoms with Gasteiger partial charge in [0.15, 0.2) is 0 Å². The molecule has 2 rings (SSSR count).